The highest BCUT2D eigenvalue weighted by molar-refractivity contribution is 7.99. The van der Waals surface area contributed by atoms with E-state index >= 15 is 0 Å². The molecular formula is C13H20N4OS. The normalized spacial score (nSPS) is 17.6. The summed E-state index contributed by atoms with van der Waals surface area (Å²) in [4.78, 5) is 4.16. The van der Waals surface area contributed by atoms with Crippen LogP contribution in [0.1, 0.15) is 24.1 Å². The summed E-state index contributed by atoms with van der Waals surface area (Å²) in [6.45, 7) is 1.72. The number of nitrogens with one attached hydrogen (secondary N) is 1. The number of aromatic nitrogens is 1. The molecule has 1 aliphatic rings. The fraction of sp³-hybridized carbons (Fsp3) is 0.538. The highest BCUT2D eigenvalue weighted by Crippen LogP contribution is 2.21. The predicted molar refractivity (Wildman–Crippen MR) is 78.5 cm³/mol. The van der Waals surface area contributed by atoms with Crippen LogP contribution in [0, 0.1) is 5.92 Å². The third kappa shape index (κ3) is 4.11. The van der Waals surface area contributed by atoms with Crippen LogP contribution >= 0.6 is 11.8 Å². The van der Waals surface area contributed by atoms with Gasteiger partial charge in [-0.25, -0.2) is 0 Å². The van der Waals surface area contributed by atoms with Crippen molar-refractivity contribution in [2.24, 2.45) is 16.8 Å². The van der Waals surface area contributed by atoms with Crippen molar-refractivity contribution < 1.29 is 5.21 Å². The predicted octanol–water partition coefficient (Wildman–Crippen LogP) is 1.41. The molecule has 0 aliphatic carbocycles. The van der Waals surface area contributed by atoms with Crippen molar-refractivity contribution in [2.45, 2.75) is 19.4 Å². The Kier molecular flexibility index (Phi) is 5.47. The first-order valence-corrected chi connectivity index (χ1v) is 7.67. The Bertz CT molecular complexity index is 432. The van der Waals surface area contributed by atoms with Crippen molar-refractivity contribution in [3.63, 3.8) is 0 Å². The first-order valence-electron chi connectivity index (χ1n) is 6.51. The van der Waals surface area contributed by atoms with Gasteiger partial charge in [0.25, 0.3) is 0 Å². The first kappa shape index (κ1) is 14.1. The average Bonchev–Trinajstić information content (AvgIpc) is 2.48. The number of thioether (sulfide) groups is 1. The molecule has 0 saturated carbocycles. The fourth-order valence-electron chi connectivity index (χ4n) is 2.22. The van der Waals surface area contributed by atoms with Crippen molar-refractivity contribution in [1.29, 1.82) is 0 Å². The molecule has 6 heteroatoms. The van der Waals surface area contributed by atoms with Gasteiger partial charge in [0.1, 0.15) is 5.69 Å². The topological polar surface area (TPSA) is 83.5 Å². The minimum absolute atomic E-state index is 0.0615. The van der Waals surface area contributed by atoms with Crippen LogP contribution in [0.2, 0.25) is 0 Å². The van der Waals surface area contributed by atoms with E-state index in [4.69, 9.17) is 10.9 Å². The number of amidine groups is 1. The van der Waals surface area contributed by atoms with Gasteiger partial charge < -0.3 is 16.3 Å². The van der Waals surface area contributed by atoms with Crippen LogP contribution < -0.4 is 11.1 Å². The van der Waals surface area contributed by atoms with E-state index in [2.05, 4.69) is 15.5 Å². The lowest BCUT2D eigenvalue weighted by molar-refractivity contribution is 0.318. The molecule has 1 aliphatic heterocycles. The number of rotatable bonds is 5. The minimum atomic E-state index is 0.0615. The largest absolute Gasteiger partial charge is 0.409 e. The van der Waals surface area contributed by atoms with Crippen LogP contribution in [-0.2, 0) is 6.54 Å². The summed E-state index contributed by atoms with van der Waals surface area (Å²) in [7, 11) is 0. The molecule has 19 heavy (non-hydrogen) atoms. The lowest BCUT2D eigenvalue weighted by atomic mass is 10.0. The molecule has 0 spiro atoms. The molecular weight excluding hydrogens is 260 g/mol. The molecule has 0 atom stereocenters. The van der Waals surface area contributed by atoms with Crippen LogP contribution in [0.25, 0.3) is 0 Å². The average molecular weight is 280 g/mol. The van der Waals surface area contributed by atoms with Gasteiger partial charge in [0.05, 0.1) is 0 Å². The Morgan fingerprint density at radius 1 is 1.53 bits per heavy atom. The molecule has 1 fully saturated rings. The standard InChI is InChI=1S/C13H20N4OS/c14-13(17-18)12-11(2-1-5-16-12)9-15-8-10-3-6-19-7-4-10/h1-2,5,10,15,18H,3-4,6-9H2,(H2,14,17). The molecule has 5 nitrogen and oxygen atoms in total. The molecule has 104 valence electrons. The van der Waals surface area contributed by atoms with Crippen molar-refractivity contribution in [1.82, 2.24) is 10.3 Å². The SMILES string of the molecule is N/C(=N/O)c1ncccc1CNCC1CCSCC1. The lowest BCUT2D eigenvalue weighted by Gasteiger charge is -2.21. The first-order chi connectivity index (χ1) is 9.31. The second-order valence-electron chi connectivity index (χ2n) is 4.68. The van der Waals surface area contributed by atoms with Crippen LogP contribution in [0.5, 0.6) is 0 Å². The zero-order valence-electron chi connectivity index (χ0n) is 10.9. The summed E-state index contributed by atoms with van der Waals surface area (Å²) in [6.07, 6.45) is 4.23. The molecule has 0 bridgehead atoms. The Balaban J connectivity index is 1.88. The number of hydrogen-bond acceptors (Lipinski definition) is 5. The van der Waals surface area contributed by atoms with Gasteiger partial charge in [-0.2, -0.15) is 11.8 Å². The number of nitrogens with two attached hydrogens (primary N) is 1. The summed E-state index contributed by atoms with van der Waals surface area (Å²) in [5.74, 6) is 3.38. The molecule has 0 radical (unpaired) electrons. The van der Waals surface area contributed by atoms with E-state index < -0.39 is 0 Å². The maximum atomic E-state index is 8.74. The van der Waals surface area contributed by atoms with Gasteiger partial charge in [0.15, 0.2) is 5.84 Å². The number of oxime groups is 1. The number of nitrogens with zero attached hydrogens (tertiary/aromatic N) is 2. The summed E-state index contributed by atoms with van der Waals surface area (Å²) in [5.41, 5.74) is 7.13. The van der Waals surface area contributed by atoms with Gasteiger partial charge in [-0.3, -0.25) is 4.98 Å². The van der Waals surface area contributed by atoms with E-state index in [1.54, 1.807) is 6.20 Å². The Hall–Kier alpha value is -1.27. The number of hydrogen-bond donors (Lipinski definition) is 3. The fourth-order valence-corrected chi connectivity index (χ4v) is 3.42. The smallest absolute Gasteiger partial charge is 0.189 e. The lowest BCUT2D eigenvalue weighted by Crippen LogP contribution is -2.27. The molecule has 4 N–H and O–H groups in total. The Morgan fingerprint density at radius 2 is 2.32 bits per heavy atom. The summed E-state index contributed by atoms with van der Waals surface area (Å²) < 4.78 is 0. The van der Waals surface area contributed by atoms with E-state index in [0.29, 0.717) is 12.2 Å². The molecule has 2 rings (SSSR count). The van der Waals surface area contributed by atoms with Crippen LogP contribution in [0.3, 0.4) is 0 Å². The molecule has 2 heterocycles. The van der Waals surface area contributed by atoms with Crippen LogP contribution in [0.15, 0.2) is 23.5 Å². The van der Waals surface area contributed by atoms with Crippen LogP contribution in [0.4, 0.5) is 0 Å². The molecule has 0 amide bonds. The van der Waals surface area contributed by atoms with Crippen LogP contribution in [-0.4, -0.2) is 34.1 Å². The highest BCUT2D eigenvalue weighted by atomic mass is 32.2. The van der Waals surface area contributed by atoms with Gasteiger partial charge in [-0.15, -0.1) is 0 Å². The summed E-state index contributed by atoms with van der Waals surface area (Å²) in [6, 6.07) is 3.81. The molecule has 0 aromatic carbocycles. The van der Waals surface area contributed by atoms with E-state index in [9.17, 15) is 0 Å². The van der Waals surface area contributed by atoms with Crippen molar-refractivity contribution in [3.05, 3.63) is 29.6 Å². The van der Waals surface area contributed by atoms with Crippen molar-refractivity contribution in [2.75, 3.05) is 18.1 Å². The van der Waals surface area contributed by atoms with Gasteiger partial charge >= 0.3 is 0 Å². The van der Waals surface area contributed by atoms with Gasteiger partial charge in [-0.1, -0.05) is 11.2 Å². The maximum absolute atomic E-state index is 8.74. The molecule has 1 aromatic heterocycles. The van der Waals surface area contributed by atoms with E-state index in [1.165, 1.54) is 24.3 Å². The van der Waals surface area contributed by atoms with E-state index in [0.717, 1.165) is 18.0 Å². The molecule has 1 saturated heterocycles. The van der Waals surface area contributed by atoms with Gasteiger partial charge in [0.2, 0.25) is 0 Å². The van der Waals surface area contributed by atoms with Gasteiger partial charge in [0, 0.05) is 12.7 Å². The Labute approximate surface area is 117 Å². The zero-order valence-corrected chi connectivity index (χ0v) is 11.7. The van der Waals surface area contributed by atoms with Gasteiger partial charge in [-0.05, 0) is 48.4 Å². The minimum Gasteiger partial charge on any atom is -0.409 e. The Morgan fingerprint density at radius 3 is 3.05 bits per heavy atom. The summed E-state index contributed by atoms with van der Waals surface area (Å²) in [5, 5.41) is 15.2. The second-order valence-corrected chi connectivity index (χ2v) is 5.91. The molecule has 0 unspecified atom stereocenters. The van der Waals surface area contributed by atoms with Crippen molar-refractivity contribution in [3.8, 4) is 0 Å². The van der Waals surface area contributed by atoms with E-state index in [1.807, 2.05) is 23.9 Å². The van der Waals surface area contributed by atoms with E-state index in [-0.39, 0.29) is 5.84 Å². The molecule has 1 aromatic rings. The maximum Gasteiger partial charge on any atom is 0.189 e. The summed E-state index contributed by atoms with van der Waals surface area (Å²) >= 11 is 2.04. The van der Waals surface area contributed by atoms with Crippen molar-refractivity contribution >= 4 is 17.6 Å². The monoisotopic (exact) mass is 280 g/mol. The third-order valence-electron chi connectivity index (χ3n) is 3.33. The number of pyridine rings is 1. The quantitative estimate of drug-likeness (QED) is 0.329. The zero-order chi connectivity index (χ0) is 13.5. The highest BCUT2D eigenvalue weighted by Gasteiger charge is 2.13. The second kappa shape index (κ2) is 7.35. The third-order valence-corrected chi connectivity index (χ3v) is 4.38.